The van der Waals surface area contributed by atoms with Crippen LogP contribution in [0.2, 0.25) is 0 Å². The Morgan fingerprint density at radius 2 is 1.80 bits per heavy atom. The Labute approximate surface area is 323 Å². The van der Waals surface area contributed by atoms with Crippen molar-refractivity contribution >= 4 is 44.6 Å². The van der Waals surface area contributed by atoms with E-state index in [0.717, 1.165) is 5.39 Å². The number of hydrogen-bond donors (Lipinski definition) is 3. The van der Waals surface area contributed by atoms with Crippen LogP contribution in [0.25, 0.3) is 10.8 Å². The van der Waals surface area contributed by atoms with E-state index in [0.29, 0.717) is 57.1 Å². The van der Waals surface area contributed by atoms with Crippen LogP contribution in [-0.4, -0.2) is 96.5 Å². The quantitative estimate of drug-likeness (QED) is 0.321. The molecule has 56 heavy (non-hydrogen) atoms. The van der Waals surface area contributed by atoms with Gasteiger partial charge in [-0.25, -0.2) is 18.2 Å². The molecular formula is C38H48F3N5O9S. The van der Waals surface area contributed by atoms with Crippen molar-refractivity contribution < 1.29 is 55.0 Å². The maximum absolute atomic E-state index is 14.7. The monoisotopic (exact) mass is 807 g/mol. The molecule has 4 aliphatic rings. The van der Waals surface area contributed by atoms with Gasteiger partial charge in [-0.2, -0.15) is 13.2 Å². The second-order valence-electron chi connectivity index (χ2n) is 16.0. The molecule has 306 valence electrons. The first kappa shape index (κ1) is 41.0. The fraction of sp³-hybridized carbons (Fsp3) is 0.605. The van der Waals surface area contributed by atoms with E-state index in [4.69, 9.17) is 14.2 Å². The Morgan fingerprint density at radius 1 is 1.07 bits per heavy atom. The number of ether oxygens (including phenoxy) is 3. The van der Waals surface area contributed by atoms with Crippen LogP contribution in [0.3, 0.4) is 0 Å². The first-order valence-corrected chi connectivity index (χ1v) is 20.3. The van der Waals surface area contributed by atoms with Gasteiger partial charge >= 0.3 is 12.3 Å². The van der Waals surface area contributed by atoms with Gasteiger partial charge in [-0.1, -0.05) is 26.0 Å². The van der Waals surface area contributed by atoms with Gasteiger partial charge in [0.2, 0.25) is 33.3 Å². The summed E-state index contributed by atoms with van der Waals surface area (Å²) in [6, 6.07) is 4.27. The fourth-order valence-corrected chi connectivity index (χ4v) is 8.81. The molecule has 0 unspecified atom stereocenters. The molecule has 3 fully saturated rings. The Hall–Kier alpha value is -4.61. The molecule has 18 heteroatoms. The minimum absolute atomic E-state index is 0.0308. The van der Waals surface area contributed by atoms with E-state index in [-0.39, 0.29) is 31.2 Å². The van der Waals surface area contributed by atoms with Crippen molar-refractivity contribution in [3.05, 3.63) is 42.6 Å². The topological polar surface area (TPSA) is 182 Å². The highest BCUT2D eigenvalue weighted by molar-refractivity contribution is 7.91. The first-order chi connectivity index (χ1) is 26.2. The highest BCUT2D eigenvalue weighted by Crippen LogP contribution is 2.46. The number of allylic oxidation sites excluding steroid dienone is 1. The molecule has 7 atom stereocenters. The van der Waals surface area contributed by atoms with Gasteiger partial charge in [0.25, 0.3) is 5.91 Å². The number of pyridine rings is 1. The molecule has 2 saturated carbocycles. The molecule has 1 aromatic heterocycles. The molecule has 0 radical (unpaired) electrons. The summed E-state index contributed by atoms with van der Waals surface area (Å²) in [5.41, 5.74) is -4.50. The molecular weight excluding hydrogens is 760 g/mol. The Bertz CT molecular complexity index is 2010. The second kappa shape index (κ2) is 15.4. The summed E-state index contributed by atoms with van der Waals surface area (Å²) in [4.78, 5) is 61.5. The lowest BCUT2D eigenvalue weighted by Crippen LogP contribution is -2.59. The van der Waals surface area contributed by atoms with E-state index < -0.39 is 86.4 Å². The van der Waals surface area contributed by atoms with Crippen molar-refractivity contribution in [1.29, 1.82) is 0 Å². The number of alkyl carbamates (subject to hydrolysis) is 1. The highest BCUT2D eigenvalue weighted by atomic mass is 32.2. The molecule has 2 aliphatic heterocycles. The maximum Gasteiger partial charge on any atom is 0.427 e. The van der Waals surface area contributed by atoms with E-state index in [1.54, 1.807) is 37.3 Å². The number of carbonyl (C=O) groups is 4. The summed E-state index contributed by atoms with van der Waals surface area (Å²) in [7, 11) is -2.44. The van der Waals surface area contributed by atoms with Crippen molar-refractivity contribution in [2.24, 2.45) is 17.8 Å². The number of halogens is 3. The number of benzene rings is 1. The van der Waals surface area contributed by atoms with Gasteiger partial charge in [-0.3, -0.25) is 19.1 Å². The summed E-state index contributed by atoms with van der Waals surface area (Å²) in [6.07, 6.45) is 0.318. The standard InChI is InChI=1S/C38H48F3N5O9S/c1-21-8-6-7-9-24-19-37(24,34(49)45-56(51,52)27-11-12-27)44-31(47)29-18-26(54-32-28-13-10-25(53-5)17-23(28)14-15-42-32)20-46(29)33(48)30(22(2)16-21)43-35(50)55-36(3,4)38(39,40)41/h7,9-10,13-15,17,21-22,24,26-27,29-30H,6,8,11-12,16,18-20H2,1-5H3,(H,43,50)(H,44,47)(H,45,49)/b9-7-/t21-,22-,24-,26-,29+,30+,37-/m1/s1. The minimum Gasteiger partial charge on any atom is -0.497 e. The second-order valence-corrected chi connectivity index (χ2v) is 17.9. The third-order valence-corrected chi connectivity index (χ3v) is 13.0. The van der Waals surface area contributed by atoms with Crippen LogP contribution >= 0.6 is 0 Å². The molecule has 1 saturated heterocycles. The molecule has 4 amide bonds. The number of nitrogens with zero attached hydrogens (tertiary/aromatic N) is 2. The van der Waals surface area contributed by atoms with Crippen molar-refractivity contribution in [3.63, 3.8) is 0 Å². The Kier molecular flexibility index (Phi) is 11.3. The third-order valence-electron chi connectivity index (χ3n) is 11.1. The largest absolute Gasteiger partial charge is 0.497 e. The van der Waals surface area contributed by atoms with Gasteiger partial charge in [-0.15, -0.1) is 0 Å². The van der Waals surface area contributed by atoms with Gasteiger partial charge in [0.05, 0.1) is 18.9 Å². The molecule has 14 nitrogen and oxygen atoms in total. The molecule has 2 aromatic rings. The van der Waals surface area contributed by atoms with Crippen molar-refractivity contribution in [2.45, 2.75) is 113 Å². The molecule has 2 aliphatic carbocycles. The average molecular weight is 808 g/mol. The number of rotatable bonds is 8. The van der Waals surface area contributed by atoms with Crippen LogP contribution in [0.5, 0.6) is 11.6 Å². The van der Waals surface area contributed by atoms with E-state index in [9.17, 15) is 40.8 Å². The zero-order valence-electron chi connectivity index (χ0n) is 31.9. The number of hydrogen-bond acceptors (Lipinski definition) is 10. The number of carbonyl (C=O) groups excluding carboxylic acids is 4. The van der Waals surface area contributed by atoms with E-state index in [1.807, 2.05) is 13.0 Å². The van der Waals surface area contributed by atoms with Gasteiger partial charge in [0.1, 0.15) is 29.5 Å². The Morgan fingerprint density at radius 3 is 2.48 bits per heavy atom. The van der Waals surface area contributed by atoms with Gasteiger partial charge in [0, 0.05) is 23.9 Å². The molecule has 0 spiro atoms. The van der Waals surface area contributed by atoms with Crippen LogP contribution in [0.4, 0.5) is 18.0 Å². The number of amides is 4. The van der Waals surface area contributed by atoms with Crippen LogP contribution in [-0.2, 0) is 29.1 Å². The van der Waals surface area contributed by atoms with Crippen molar-refractivity contribution in [2.75, 3.05) is 13.7 Å². The lowest BCUT2D eigenvalue weighted by molar-refractivity contribution is -0.244. The van der Waals surface area contributed by atoms with E-state index >= 15 is 0 Å². The molecule has 1 aromatic carbocycles. The van der Waals surface area contributed by atoms with Crippen LogP contribution in [0, 0.1) is 17.8 Å². The molecule has 3 N–H and O–H groups in total. The summed E-state index contributed by atoms with van der Waals surface area (Å²) in [6.45, 7) is 4.80. The van der Waals surface area contributed by atoms with Crippen LogP contribution in [0.15, 0.2) is 42.6 Å². The SMILES string of the molecule is COc1ccc2c(O[C@@H]3C[C@H]4C(=O)N[C@]5(C(=O)NS(=O)(=O)C6CC6)C[C@H]5/C=C\CC[C@@H](C)C[C@@H](C)[C@H](NC(=O)OC(C)(C)C(F)(F)F)C(=O)N4C3)nccc2c1. The van der Waals surface area contributed by atoms with Gasteiger partial charge < -0.3 is 29.7 Å². The number of sulfonamides is 1. The number of alkyl halides is 3. The van der Waals surface area contributed by atoms with Gasteiger partial charge in [-0.05, 0) is 93.9 Å². The summed E-state index contributed by atoms with van der Waals surface area (Å²) < 4.78 is 85.4. The zero-order valence-corrected chi connectivity index (χ0v) is 32.7. The van der Waals surface area contributed by atoms with Crippen LogP contribution < -0.4 is 24.8 Å². The smallest absolute Gasteiger partial charge is 0.427 e. The number of aromatic nitrogens is 1. The first-order valence-electron chi connectivity index (χ1n) is 18.8. The third kappa shape index (κ3) is 8.69. The predicted octanol–water partition coefficient (Wildman–Crippen LogP) is 4.52. The number of nitrogens with one attached hydrogen (secondary N) is 3. The molecule has 0 bridgehead atoms. The van der Waals surface area contributed by atoms with Crippen molar-refractivity contribution in [3.8, 4) is 11.6 Å². The van der Waals surface area contributed by atoms with E-state index in [1.165, 1.54) is 18.2 Å². The minimum atomic E-state index is -4.91. The van der Waals surface area contributed by atoms with E-state index in [2.05, 4.69) is 20.3 Å². The predicted molar refractivity (Wildman–Crippen MR) is 197 cm³/mol. The average Bonchev–Trinajstić information content (AvgIpc) is 4.04. The molecule has 3 heterocycles. The Balaban J connectivity index is 1.34. The number of methoxy groups -OCH3 is 1. The summed E-state index contributed by atoms with van der Waals surface area (Å²) >= 11 is 0. The lowest BCUT2D eigenvalue weighted by Gasteiger charge is -2.34. The van der Waals surface area contributed by atoms with Crippen LogP contribution in [0.1, 0.15) is 72.6 Å². The van der Waals surface area contributed by atoms with Crippen molar-refractivity contribution in [1.82, 2.24) is 25.2 Å². The zero-order chi connectivity index (χ0) is 40.8. The summed E-state index contributed by atoms with van der Waals surface area (Å²) in [5.74, 6) is -2.83. The number of fused-ring (bicyclic) bond motifs is 3. The van der Waals surface area contributed by atoms with Gasteiger partial charge in [0.15, 0.2) is 0 Å². The summed E-state index contributed by atoms with van der Waals surface area (Å²) in [5, 5.41) is 5.82. The molecule has 6 rings (SSSR count). The highest BCUT2D eigenvalue weighted by Gasteiger charge is 2.62. The maximum atomic E-state index is 14.7. The normalized spacial score (nSPS) is 29.5. The lowest BCUT2D eigenvalue weighted by atomic mass is 9.88. The fourth-order valence-electron chi connectivity index (χ4n) is 7.45.